The second-order valence-corrected chi connectivity index (χ2v) is 4.85. The molecule has 0 unspecified atom stereocenters. The van der Waals surface area contributed by atoms with Crippen molar-refractivity contribution in [2.45, 2.75) is 25.3 Å². The highest BCUT2D eigenvalue weighted by atomic mass is 35.5. The Morgan fingerprint density at radius 1 is 1.47 bits per heavy atom. The van der Waals surface area contributed by atoms with E-state index >= 15 is 0 Å². The number of anilines is 1. The molecule has 1 fully saturated rings. The van der Waals surface area contributed by atoms with Crippen LogP contribution in [0.1, 0.15) is 29.6 Å². The lowest BCUT2D eigenvalue weighted by Gasteiger charge is -2.06. The Bertz CT molecular complexity index is 503. The maximum atomic E-state index is 11.7. The van der Waals surface area contributed by atoms with Gasteiger partial charge in [-0.05, 0) is 18.9 Å². The lowest BCUT2D eigenvalue weighted by Crippen LogP contribution is -2.31. The van der Waals surface area contributed by atoms with Crippen LogP contribution in [-0.2, 0) is 4.79 Å². The van der Waals surface area contributed by atoms with Crippen molar-refractivity contribution in [3.05, 3.63) is 22.8 Å². The number of hydrogen-bond acceptors (Lipinski definition) is 4. The maximum absolute atomic E-state index is 11.7. The molecule has 6 nitrogen and oxygen atoms in total. The van der Waals surface area contributed by atoms with Crippen LogP contribution in [0.25, 0.3) is 0 Å². The number of nitrogens with two attached hydrogens (primary N) is 1. The van der Waals surface area contributed by atoms with Crippen LogP contribution < -0.4 is 16.4 Å². The quantitative estimate of drug-likeness (QED) is 0.741. The third kappa shape index (κ3) is 4.10. The summed E-state index contributed by atoms with van der Waals surface area (Å²) >= 11 is 5.77. The first-order chi connectivity index (χ1) is 9.06. The number of amides is 2. The number of carbonyl (C=O) groups is 2. The SMILES string of the molecule is Nc1ncc(C(=O)NCCC(=O)NC2CC2)cc1Cl. The van der Waals surface area contributed by atoms with Crippen LogP contribution in [0.5, 0.6) is 0 Å². The molecule has 1 aromatic rings. The standard InChI is InChI=1S/C12H15ClN4O2/c13-9-5-7(6-16-11(9)14)12(19)15-4-3-10(18)17-8-1-2-8/h5-6,8H,1-4H2,(H2,14,16)(H,15,19)(H,17,18). The van der Waals surface area contributed by atoms with E-state index in [0.717, 1.165) is 12.8 Å². The van der Waals surface area contributed by atoms with Gasteiger partial charge in [-0.15, -0.1) is 0 Å². The Morgan fingerprint density at radius 3 is 2.84 bits per heavy atom. The third-order valence-electron chi connectivity index (χ3n) is 2.71. The molecule has 0 aliphatic heterocycles. The Labute approximate surface area is 115 Å². The van der Waals surface area contributed by atoms with E-state index in [1.165, 1.54) is 12.3 Å². The molecule has 1 aliphatic rings. The molecule has 19 heavy (non-hydrogen) atoms. The summed E-state index contributed by atoms with van der Waals surface area (Å²) in [5.74, 6) is -0.188. The summed E-state index contributed by atoms with van der Waals surface area (Å²) in [5.41, 5.74) is 5.77. The Morgan fingerprint density at radius 2 is 2.21 bits per heavy atom. The van der Waals surface area contributed by atoms with Gasteiger partial charge in [-0.3, -0.25) is 9.59 Å². The third-order valence-corrected chi connectivity index (χ3v) is 3.01. The first-order valence-electron chi connectivity index (χ1n) is 6.05. The molecule has 0 radical (unpaired) electrons. The fourth-order valence-electron chi connectivity index (χ4n) is 1.49. The Kier molecular flexibility index (Phi) is 4.21. The van der Waals surface area contributed by atoms with Gasteiger partial charge in [0.1, 0.15) is 5.82 Å². The molecule has 2 rings (SSSR count). The molecule has 1 saturated carbocycles. The van der Waals surface area contributed by atoms with Gasteiger partial charge in [0.15, 0.2) is 0 Å². The summed E-state index contributed by atoms with van der Waals surface area (Å²) in [6, 6.07) is 1.78. The number of rotatable bonds is 5. The van der Waals surface area contributed by atoms with Gasteiger partial charge in [0.05, 0.1) is 10.6 Å². The minimum Gasteiger partial charge on any atom is -0.382 e. The average molecular weight is 283 g/mol. The topological polar surface area (TPSA) is 97.1 Å². The van der Waals surface area contributed by atoms with Crippen LogP contribution >= 0.6 is 11.6 Å². The molecular weight excluding hydrogens is 268 g/mol. The fraction of sp³-hybridized carbons (Fsp3) is 0.417. The van der Waals surface area contributed by atoms with E-state index < -0.39 is 0 Å². The molecule has 1 aliphatic carbocycles. The molecule has 7 heteroatoms. The van der Waals surface area contributed by atoms with Crippen LogP contribution in [0.3, 0.4) is 0 Å². The molecule has 1 heterocycles. The highest BCUT2D eigenvalue weighted by molar-refractivity contribution is 6.33. The van der Waals surface area contributed by atoms with Crippen molar-refractivity contribution in [1.82, 2.24) is 15.6 Å². The molecule has 1 aromatic heterocycles. The number of nitrogen functional groups attached to an aromatic ring is 1. The van der Waals surface area contributed by atoms with E-state index in [4.69, 9.17) is 17.3 Å². The van der Waals surface area contributed by atoms with Crippen molar-refractivity contribution >= 4 is 29.2 Å². The van der Waals surface area contributed by atoms with E-state index in [1.54, 1.807) is 0 Å². The van der Waals surface area contributed by atoms with Crippen LogP contribution in [0.4, 0.5) is 5.82 Å². The summed E-state index contributed by atoms with van der Waals surface area (Å²) in [5, 5.41) is 5.71. The van der Waals surface area contributed by atoms with Gasteiger partial charge in [0.25, 0.3) is 5.91 Å². The van der Waals surface area contributed by atoms with Crippen LogP contribution in [0.15, 0.2) is 12.3 Å². The normalized spacial score (nSPS) is 13.9. The minimum absolute atomic E-state index is 0.0451. The summed E-state index contributed by atoms with van der Waals surface area (Å²) in [7, 11) is 0. The lowest BCUT2D eigenvalue weighted by atomic mass is 10.2. The van der Waals surface area contributed by atoms with Crippen molar-refractivity contribution in [3.8, 4) is 0 Å². The Balaban J connectivity index is 1.76. The molecular formula is C12H15ClN4O2. The smallest absolute Gasteiger partial charge is 0.252 e. The van der Waals surface area contributed by atoms with E-state index in [2.05, 4.69) is 15.6 Å². The first-order valence-corrected chi connectivity index (χ1v) is 6.42. The van der Waals surface area contributed by atoms with Crippen LogP contribution in [-0.4, -0.2) is 29.4 Å². The van der Waals surface area contributed by atoms with Crippen molar-refractivity contribution in [1.29, 1.82) is 0 Å². The summed E-state index contributed by atoms with van der Waals surface area (Å²) < 4.78 is 0. The second kappa shape index (κ2) is 5.88. The maximum Gasteiger partial charge on any atom is 0.252 e. The van der Waals surface area contributed by atoms with E-state index in [-0.39, 0.29) is 35.6 Å². The van der Waals surface area contributed by atoms with Crippen molar-refractivity contribution in [2.75, 3.05) is 12.3 Å². The predicted octanol–water partition coefficient (Wildman–Crippen LogP) is 0.716. The number of carbonyl (C=O) groups excluding carboxylic acids is 2. The second-order valence-electron chi connectivity index (χ2n) is 4.44. The number of halogens is 1. The van der Waals surface area contributed by atoms with Gasteiger partial charge in [-0.2, -0.15) is 0 Å². The zero-order valence-corrected chi connectivity index (χ0v) is 11.0. The van der Waals surface area contributed by atoms with Crippen molar-refractivity contribution < 1.29 is 9.59 Å². The lowest BCUT2D eigenvalue weighted by molar-refractivity contribution is -0.121. The van der Waals surface area contributed by atoms with Gasteiger partial charge in [0.2, 0.25) is 5.91 Å². The van der Waals surface area contributed by atoms with Crippen LogP contribution in [0, 0.1) is 0 Å². The number of nitrogens with zero attached hydrogens (tertiary/aromatic N) is 1. The largest absolute Gasteiger partial charge is 0.382 e. The van der Waals surface area contributed by atoms with E-state index in [1.807, 2.05) is 0 Å². The van der Waals surface area contributed by atoms with Gasteiger partial charge in [-0.25, -0.2) is 4.98 Å². The number of nitrogens with one attached hydrogen (secondary N) is 2. The monoisotopic (exact) mass is 282 g/mol. The Hall–Kier alpha value is -1.82. The fourth-order valence-corrected chi connectivity index (χ4v) is 1.66. The summed E-state index contributed by atoms with van der Waals surface area (Å²) in [6.07, 6.45) is 3.71. The zero-order valence-electron chi connectivity index (χ0n) is 10.3. The van der Waals surface area contributed by atoms with Crippen molar-refractivity contribution in [2.24, 2.45) is 0 Å². The zero-order chi connectivity index (χ0) is 13.8. The number of pyridine rings is 1. The minimum atomic E-state index is -0.325. The van der Waals surface area contributed by atoms with Gasteiger partial charge < -0.3 is 16.4 Å². The molecule has 0 aromatic carbocycles. The molecule has 4 N–H and O–H groups in total. The van der Waals surface area contributed by atoms with Gasteiger partial charge >= 0.3 is 0 Å². The molecule has 2 amide bonds. The summed E-state index contributed by atoms with van der Waals surface area (Å²) in [6.45, 7) is 0.277. The van der Waals surface area contributed by atoms with Crippen molar-refractivity contribution in [3.63, 3.8) is 0 Å². The number of hydrogen-bond donors (Lipinski definition) is 3. The van der Waals surface area contributed by atoms with Gasteiger partial charge in [0, 0.05) is 25.2 Å². The average Bonchev–Trinajstić information content (AvgIpc) is 3.16. The summed E-state index contributed by atoms with van der Waals surface area (Å²) in [4.78, 5) is 26.9. The predicted molar refractivity (Wildman–Crippen MR) is 71.8 cm³/mol. The van der Waals surface area contributed by atoms with E-state index in [9.17, 15) is 9.59 Å². The number of aromatic nitrogens is 1. The molecule has 102 valence electrons. The highest BCUT2D eigenvalue weighted by Crippen LogP contribution is 2.18. The molecule has 0 spiro atoms. The van der Waals surface area contributed by atoms with Gasteiger partial charge in [-0.1, -0.05) is 11.6 Å². The molecule has 0 bridgehead atoms. The first kappa shape index (κ1) is 13.6. The van der Waals surface area contributed by atoms with Crippen LogP contribution in [0.2, 0.25) is 5.02 Å². The van der Waals surface area contributed by atoms with E-state index in [0.29, 0.717) is 11.6 Å². The highest BCUT2D eigenvalue weighted by Gasteiger charge is 2.22. The molecule has 0 atom stereocenters. The molecule has 0 saturated heterocycles.